The monoisotopic (exact) mass is 440 g/mol. The molecule has 154 valence electrons. The molecule has 0 aliphatic carbocycles. The van der Waals surface area contributed by atoms with Crippen LogP contribution in [0.15, 0.2) is 30.3 Å². The van der Waals surface area contributed by atoms with E-state index < -0.39 is 30.9 Å². The Hall–Kier alpha value is -2.52. The van der Waals surface area contributed by atoms with E-state index in [0.29, 0.717) is 15.3 Å². The number of benzene rings is 2. The van der Waals surface area contributed by atoms with Gasteiger partial charge in [0.15, 0.2) is 10.9 Å². The number of aromatic carboxylic acids is 1. The molecule has 1 heterocycles. The normalized spacial score (nSPS) is 12.8. The van der Waals surface area contributed by atoms with Gasteiger partial charge in [-0.2, -0.15) is 0 Å². The number of aromatic nitrogens is 1. The van der Waals surface area contributed by atoms with Crippen LogP contribution in [-0.2, 0) is 13.6 Å². The third-order valence-corrected chi connectivity index (χ3v) is 7.44. The number of carboxylic acid groups (broad SMARTS) is 1. The molecule has 0 bridgehead atoms. The summed E-state index contributed by atoms with van der Waals surface area (Å²) >= 11 is 1.13. The van der Waals surface area contributed by atoms with Gasteiger partial charge in [0.25, 0.3) is 0 Å². The van der Waals surface area contributed by atoms with Crippen LogP contribution in [0.3, 0.4) is 0 Å². The Morgan fingerprint density at radius 1 is 1.28 bits per heavy atom. The average Bonchev–Trinajstić information content (AvgIpc) is 3.07. The topological polar surface area (TPSA) is 118 Å². The van der Waals surface area contributed by atoms with Crippen LogP contribution in [0.4, 0.5) is 9.52 Å². The number of phenols is 1. The van der Waals surface area contributed by atoms with Crippen molar-refractivity contribution in [3.8, 4) is 5.75 Å². The van der Waals surface area contributed by atoms with Crippen LogP contribution < -0.4 is 5.32 Å². The van der Waals surface area contributed by atoms with Crippen molar-refractivity contribution in [2.75, 3.05) is 19.5 Å². The molecule has 29 heavy (non-hydrogen) atoms. The third kappa shape index (κ3) is 3.97. The molecule has 3 aromatic rings. The smallest absolute Gasteiger partial charge is 0.356 e. The van der Waals surface area contributed by atoms with E-state index in [-0.39, 0.29) is 16.7 Å². The van der Waals surface area contributed by atoms with Gasteiger partial charge in [-0.3, -0.25) is 4.57 Å². The van der Waals surface area contributed by atoms with Gasteiger partial charge in [0.2, 0.25) is 0 Å². The quantitative estimate of drug-likeness (QED) is 0.451. The summed E-state index contributed by atoms with van der Waals surface area (Å²) in [4.78, 5) is 15.9. The van der Waals surface area contributed by atoms with Crippen LogP contribution in [0, 0.1) is 12.7 Å². The first kappa shape index (κ1) is 21.2. The molecule has 0 aliphatic heterocycles. The number of hydrogen-bond donors (Lipinski definition) is 3. The number of thiazole rings is 1. The molecule has 1 unspecified atom stereocenters. The highest BCUT2D eigenvalue weighted by atomic mass is 32.1. The highest BCUT2D eigenvalue weighted by molar-refractivity contribution is 7.54. The summed E-state index contributed by atoms with van der Waals surface area (Å²) < 4.78 is 37.6. The number of rotatable bonds is 7. The lowest BCUT2D eigenvalue weighted by Gasteiger charge is -2.27. The molecule has 0 radical (unpaired) electrons. The Labute approximate surface area is 169 Å². The number of hydrogen-bond acceptors (Lipinski definition) is 8. The van der Waals surface area contributed by atoms with Gasteiger partial charge in [-0.15, -0.1) is 0 Å². The van der Waals surface area contributed by atoms with Crippen LogP contribution in [0.1, 0.15) is 27.3 Å². The van der Waals surface area contributed by atoms with Crippen molar-refractivity contribution < 1.29 is 33.0 Å². The molecule has 0 amide bonds. The molecule has 0 aliphatic rings. The number of nitrogens with one attached hydrogen (secondary N) is 1. The number of halogens is 1. The molecular formula is C18H18FN2O6PS. The van der Waals surface area contributed by atoms with Crippen molar-refractivity contribution in [1.29, 1.82) is 0 Å². The van der Waals surface area contributed by atoms with Gasteiger partial charge >= 0.3 is 13.6 Å². The molecular weight excluding hydrogens is 422 g/mol. The Morgan fingerprint density at radius 2 is 1.97 bits per heavy atom. The number of fused-ring (bicyclic) bond motifs is 1. The Kier molecular flexibility index (Phi) is 5.90. The predicted molar refractivity (Wildman–Crippen MR) is 107 cm³/mol. The fourth-order valence-corrected chi connectivity index (χ4v) is 5.45. The van der Waals surface area contributed by atoms with Crippen molar-refractivity contribution in [2.45, 2.75) is 12.7 Å². The van der Waals surface area contributed by atoms with Crippen molar-refractivity contribution in [3.05, 3.63) is 52.8 Å². The van der Waals surface area contributed by atoms with E-state index in [2.05, 4.69) is 10.3 Å². The first-order chi connectivity index (χ1) is 13.7. The van der Waals surface area contributed by atoms with E-state index >= 15 is 0 Å². The minimum atomic E-state index is -3.82. The minimum absolute atomic E-state index is 0.191. The lowest BCUT2D eigenvalue weighted by Crippen LogP contribution is -2.16. The molecule has 11 heteroatoms. The summed E-state index contributed by atoms with van der Waals surface area (Å²) in [7, 11) is -1.40. The van der Waals surface area contributed by atoms with Crippen molar-refractivity contribution >= 4 is 40.3 Å². The second kappa shape index (κ2) is 8.08. The molecule has 1 aromatic heterocycles. The first-order valence-corrected chi connectivity index (χ1v) is 10.7. The number of carboxylic acids is 1. The number of anilines is 1. The zero-order valence-electron chi connectivity index (χ0n) is 15.7. The molecule has 0 saturated carbocycles. The summed E-state index contributed by atoms with van der Waals surface area (Å²) in [6.45, 7) is 1.48. The van der Waals surface area contributed by atoms with Crippen molar-refractivity contribution in [3.63, 3.8) is 0 Å². The fourth-order valence-electron chi connectivity index (χ4n) is 2.97. The highest BCUT2D eigenvalue weighted by Crippen LogP contribution is 2.60. The Balaban J connectivity index is 2.14. The van der Waals surface area contributed by atoms with Gasteiger partial charge in [0.05, 0.1) is 10.2 Å². The summed E-state index contributed by atoms with van der Waals surface area (Å²) in [5.41, 5.74) is 0.699. The van der Waals surface area contributed by atoms with Crippen molar-refractivity contribution in [1.82, 2.24) is 4.98 Å². The van der Waals surface area contributed by atoms with E-state index in [4.69, 9.17) is 9.05 Å². The molecule has 0 fully saturated rings. The summed E-state index contributed by atoms with van der Waals surface area (Å²) in [5, 5.41) is 22.6. The van der Waals surface area contributed by atoms with Crippen LogP contribution in [0.5, 0.6) is 5.75 Å². The Morgan fingerprint density at radius 3 is 2.59 bits per heavy atom. The van der Waals surface area contributed by atoms with E-state index in [1.807, 2.05) is 0 Å². The summed E-state index contributed by atoms with van der Waals surface area (Å²) in [6, 6.07) is 6.76. The first-order valence-electron chi connectivity index (χ1n) is 8.29. The number of carbonyl (C=O) groups is 1. The van der Waals surface area contributed by atoms with Gasteiger partial charge < -0.3 is 24.6 Å². The van der Waals surface area contributed by atoms with E-state index in [1.54, 1.807) is 0 Å². The van der Waals surface area contributed by atoms with Crippen LogP contribution >= 0.6 is 18.9 Å². The standard InChI is InChI=1S/C18H18FN2O6PS/c1-9-11(5-7-13(22)15(9)17(23)24)16(28(25,26-2)27-3)21-18-20-12-6-4-10(19)8-14(12)29-18/h4-8,16,22H,1-3H3,(H,20,21)(H,23,24). The van der Waals surface area contributed by atoms with Crippen molar-refractivity contribution in [2.24, 2.45) is 0 Å². The lowest BCUT2D eigenvalue weighted by atomic mass is 10.0. The molecule has 2 aromatic carbocycles. The third-order valence-electron chi connectivity index (χ3n) is 4.43. The molecule has 0 spiro atoms. The summed E-state index contributed by atoms with van der Waals surface area (Å²) in [5.74, 6) is -3.29. The minimum Gasteiger partial charge on any atom is -0.507 e. The number of aromatic hydroxyl groups is 1. The van der Waals surface area contributed by atoms with Crippen LogP contribution in [-0.4, -0.2) is 35.4 Å². The summed E-state index contributed by atoms with van der Waals surface area (Å²) in [6.07, 6.45) is 0. The maximum Gasteiger partial charge on any atom is 0.356 e. The molecule has 0 saturated heterocycles. The zero-order chi connectivity index (χ0) is 21.3. The zero-order valence-corrected chi connectivity index (χ0v) is 17.4. The van der Waals surface area contributed by atoms with Gasteiger partial charge in [-0.05, 0) is 42.3 Å². The van der Waals surface area contributed by atoms with Gasteiger partial charge in [0, 0.05) is 14.2 Å². The van der Waals surface area contributed by atoms with Gasteiger partial charge in [-0.1, -0.05) is 17.4 Å². The SMILES string of the molecule is COP(=O)(OC)C(Nc1nc2ccc(F)cc2s1)c1ccc(O)c(C(=O)O)c1C. The highest BCUT2D eigenvalue weighted by Gasteiger charge is 2.38. The Bertz CT molecular complexity index is 1130. The van der Waals surface area contributed by atoms with Crippen LogP contribution in [0.2, 0.25) is 0 Å². The van der Waals surface area contributed by atoms with Gasteiger partial charge in [0.1, 0.15) is 17.1 Å². The van der Waals surface area contributed by atoms with E-state index in [9.17, 15) is 24.0 Å². The van der Waals surface area contributed by atoms with Crippen LogP contribution in [0.25, 0.3) is 10.2 Å². The maximum absolute atomic E-state index is 13.5. The fraction of sp³-hybridized carbons (Fsp3) is 0.222. The predicted octanol–water partition coefficient (Wildman–Crippen LogP) is 4.74. The van der Waals surface area contributed by atoms with Gasteiger partial charge in [-0.25, -0.2) is 14.2 Å². The maximum atomic E-state index is 13.5. The largest absolute Gasteiger partial charge is 0.507 e. The molecule has 3 N–H and O–H groups in total. The molecule has 8 nitrogen and oxygen atoms in total. The second-order valence-electron chi connectivity index (χ2n) is 6.06. The molecule has 1 atom stereocenters. The average molecular weight is 440 g/mol. The van der Waals surface area contributed by atoms with E-state index in [0.717, 1.165) is 11.3 Å². The number of nitrogens with zero attached hydrogens (tertiary/aromatic N) is 1. The second-order valence-corrected chi connectivity index (χ2v) is 9.42. The van der Waals surface area contributed by atoms with E-state index in [1.165, 1.54) is 51.5 Å². The lowest BCUT2D eigenvalue weighted by molar-refractivity contribution is 0.0692. The molecule has 3 rings (SSSR count).